The molecule has 41 heavy (non-hydrogen) atoms. The molecule has 0 unspecified atom stereocenters. The maximum Gasteiger partial charge on any atom is 0.274 e. The normalized spacial score (nSPS) is 11.8. The number of rotatable bonds is 4. The minimum Gasteiger partial charge on any atom is -0.382 e. The van der Waals surface area contributed by atoms with Gasteiger partial charge in [-0.05, 0) is 50.2 Å². The van der Waals surface area contributed by atoms with E-state index in [1.165, 1.54) is 9.08 Å². The van der Waals surface area contributed by atoms with Crippen LogP contribution < -0.4 is 16.6 Å². The Bertz CT molecular complexity index is 2080. The molecule has 3 N–H and O–H groups in total. The van der Waals surface area contributed by atoms with Crippen LogP contribution in [0.3, 0.4) is 0 Å². The number of benzene rings is 2. The summed E-state index contributed by atoms with van der Waals surface area (Å²) in [6.07, 6.45) is 3.46. The monoisotopic (exact) mass is 543 g/mol. The van der Waals surface area contributed by atoms with E-state index in [1.54, 1.807) is 54.3 Å². The Morgan fingerprint density at radius 1 is 1.02 bits per heavy atom. The minimum absolute atomic E-state index is 0.0524. The average Bonchev–Trinajstić information content (AvgIpc) is 3.53. The number of fused-ring (bicyclic) bond motifs is 2. The number of nitrogens with two attached hydrogens (primary N) is 1. The van der Waals surface area contributed by atoms with Crippen LogP contribution >= 0.6 is 0 Å². The summed E-state index contributed by atoms with van der Waals surface area (Å²) in [4.78, 5) is 36.7. The van der Waals surface area contributed by atoms with Gasteiger partial charge in [0, 0.05) is 18.8 Å². The zero-order valence-electron chi connectivity index (χ0n) is 22.5. The van der Waals surface area contributed by atoms with Crippen molar-refractivity contribution >= 4 is 28.3 Å². The van der Waals surface area contributed by atoms with E-state index in [1.807, 2.05) is 44.3 Å². The van der Waals surface area contributed by atoms with Crippen LogP contribution in [0.2, 0.25) is 0 Å². The van der Waals surface area contributed by atoms with E-state index in [2.05, 4.69) is 32.3 Å². The molecule has 0 saturated carbocycles. The standard InChI is InChI=1S/C30H25N9O2/c1-18-12-15-24-35-27(31)26(39(24)36-18)29(40)33-19(2)28-34-23-11-7-8-21(14-13-20-16-32-37(3)17-20)25(23)30(41)38(28)22-9-5-4-6-10-22/h4-12,15-17,19H,31H2,1-3H3,(H,33,40)/t19-/m1/s1. The highest BCUT2D eigenvalue weighted by Crippen LogP contribution is 2.21. The van der Waals surface area contributed by atoms with Gasteiger partial charge in [0.15, 0.2) is 17.2 Å². The molecular weight excluding hydrogens is 518 g/mol. The van der Waals surface area contributed by atoms with Crippen LogP contribution in [0.1, 0.15) is 46.1 Å². The number of imidazole rings is 1. The molecule has 0 fully saturated rings. The second kappa shape index (κ2) is 10.1. The third-order valence-corrected chi connectivity index (χ3v) is 6.57. The number of carbonyl (C=O) groups excluding carboxylic acids is 1. The molecule has 0 radical (unpaired) electrons. The average molecular weight is 544 g/mol. The van der Waals surface area contributed by atoms with Crippen molar-refractivity contribution in [3.8, 4) is 17.5 Å². The van der Waals surface area contributed by atoms with Gasteiger partial charge in [0.1, 0.15) is 5.82 Å². The van der Waals surface area contributed by atoms with Crippen molar-refractivity contribution in [3.63, 3.8) is 0 Å². The number of hydrogen-bond donors (Lipinski definition) is 2. The van der Waals surface area contributed by atoms with E-state index < -0.39 is 11.9 Å². The molecular formula is C30H25N9O2. The fourth-order valence-electron chi connectivity index (χ4n) is 4.68. The quantitative estimate of drug-likeness (QED) is 0.326. The van der Waals surface area contributed by atoms with Gasteiger partial charge in [0.05, 0.1) is 40.1 Å². The zero-order valence-corrected chi connectivity index (χ0v) is 22.5. The Balaban J connectivity index is 1.47. The van der Waals surface area contributed by atoms with Crippen molar-refractivity contribution in [2.75, 3.05) is 5.73 Å². The Labute approximate surface area is 234 Å². The molecule has 0 aliphatic rings. The molecule has 0 saturated heterocycles. The molecule has 202 valence electrons. The maximum atomic E-state index is 14.2. The van der Waals surface area contributed by atoms with E-state index >= 15 is 0 Å². The summed E-state index contributed by atoms with van der Waals surface area (Å²) in [6.45, 7) is 3.57. The van der Waals surface area contributed by atoms with Crippen LogP contribution in [-0.4, -0.2) is 39.8 Å². The first-order valence-electron chi connectivity index (χ1n) is 12.8. The molecule has 6 aromatic rings. The van der Waals surface area contributed by atoms with Crippen LogP contribution in [-0.2, 0) is 7.05 Å². The van der Waals surface area contributed by atoms with Crippen LogP contribution in [0.4, 0.5) is 5.82 Å². The van der Waals surface area contributed by atoms with Gasteiger partial charge >= 0.3 is 0 Å². The van der Waals surface area contributed by atoms with Gasteiger partial charge in [-0.2, -0.15) is 10.2 Å². The van der Waals surface area contributed by atoms with Crippen LogP contribution in [0.25, 0.3) is 22.2 Å². The third kappa shape index (κ3) is 4.68. The molecule has 0 spiro atoms. The number of anilines is 1. The zero-order chi connectivity index (χ0) is 28.7. The number of aryl methyl sites for hydroxylation is 2. The predicted molar refractivity (Wildman–Crippen MR) is 155 cm³/mol. The Hall–Kier alpha value is -5.76. The lowest BCUT2D eigenvalue weighted by atomic mass is 10.1. The van der Waals surface area contributed by atoms with E-state index in [0.29, 0.717) is 39.3 Å². The van der Waals surface area contributed by atoms with Crippen LogP contribution in [0.5, 0.6) is 0 Å². The van der Waals surface area contributed by atoms with Crippen LogP contribution in [0.15, 0.2) is 77.9 Å². The largest absolute Gasteiger partial charge is 0.382 e. The van der Waals surface area contributed by atoms with Crippen molar-refractivity contribution in [2.24, 2.45) is 7.05 Å². The molecule has 11 heteroatoms. The van der Waals surface area contributed by atoms with E-state index in [0.717, 1.165) is 5.56 Å². The first kappa shape index (κ1) is 25.5. The molecule has 4 heterocycles. The van der Waals surface area contributed by atoms with Gasteiger partial charge in [-0.1, -0.05) is 36.1 Å². The number of nitrogens with zero attached hydrogens (tertiary/aromatic N) is 7. The number of para-hydroxylation sites is 1. The van der Waals surface area contributed by atoms with Gasteiger partial charge in [-0.25, -0.2) is 14.5 Å². The summed E-state index contributed by atoms with van der Waals surface area (Å²) in [5, 5.41) is 11.9. The molecule has 2 aromatic carbocycles. The number of aromatic nitrogens is 7. The lowest BCUT2D eigenvalue weighted by Gasteiger charge is -2.20. The van der Waals surface area contributed by atoms with Gasteiger partial charge < -0.3 is 11.1 Å². The fourth-order valence-corrected chi connectivity index (χ4v) is 4.68. The molecule has 0 bridgehead atoms. The van der Waals surface area contributed by atoms with Gasteiger partial charge in [0.2, 0.25) is 0 Å². The molecule has 0 aliphatic heterocycles. The number of hydrogen-bond acceptors (Lipinski definition) is 7. The van der Waals surface area contributed by atoms with Crippen molar-refractivity contribution in [1.82, 2.24) is 39.2 Å². The predicted octanol–water partition coefficient (Wildman–Crippen LogP) is 2.94. The van der Waals surface area contributed by atoms with E-state index in [-0.39, 0.29) is 17.1 Å². The Morgan fingerprint density at radius 3 is 2.59 bits per heavy atom. The van der Waals surface area contributed by atoms with Crippen molar-refractivity contribution in [3.05, 3.63) is 112 Å². The summed E-state index contributed by atoms with van der Waals surface area (Å²) in [5.74, 6) is 6.08. The van der Waals surface area contributed by atoms with Crippen molar-refractivity contribution in [2.45, 2.75) is 19.9 Å². The smallest absolute Gasteiger partial charge is 0.274 e. The van der Waals surface area contributed by atoms with Gasteiger partial charge in [-0.15, -0.1) is 0 Å². The second-order valence-corrected chi connectivity index (χ2v) is 9.58. The summed E-state index contributed by atoms with van der Waals surface area (Å²) in [7, 11) is 1.81. The number of nitrogens with one attached hydrogen (secondary N) is 1. The summed E-state index contributed by atoms with van der Waals surface area (Å²) >= 11 is 0. The topological polar surface area (TPSA) is 138 Å². The Kier molecular flexibility index (Phi) is 6.28. The van der Waals surface area contributed by atoms with Crippen molar-refractivity contribution < 1.29 is 4.79 Å². The van der Waals surface area contributed by atoms with Gasteiger partial charge in [0.25, 0.3) is 11.5 Å². The first-order valence-corrected chi connectivity index (χ1v) is 12.8. The fraction of sp³-hybridized carbons (Fsp3) is 0.133. The third-order valence-electron chi connectivity index (χ3n) is 6.57. The number of carbonyl (C=O) groups is 1. The summed E-state index contributed by atoms with van der Waals surface area (Å²) in [6, 6.07) is 17.3. The van der Waals surface area contributed by atoms with Crippen LogP contribution in [0, 0.1) is 18.8 Å². The lowest BCUT2D eigenvalue weighted by Crippen LogP contribution is -2.34. The highest BCUT2D eigenvalue weighted by Gasteiger charge is 2.24. The summed E-state index contributed by atoms with van der Waals surface area (Å²) < 4.78 is 4.58. The summed E-state index contributed by atoms with van der Waals surface area (Å²) in [5.41, 5.74) is 9.39. The molecule has 1 amide bonds. The molecule has 0 aliphatic carbocycles. The number of nitrogen functional groups attached to an aromatic ring is 1. The Morgan fingerprint density at radius 2 is 1.83 bits per heavy atom. The van der Waals surface area contributed by atoms with E-state index in [4.69, 9.17) is 10.7 Å². The molecule has 11 nitrogen and oxygen atoms in total. The maximum absolute atomic E-state index is 14.2. The molecule has 1 atom stereocenters. The lowest BCUT2D eigenvalue weighted by molar-refractivity contribution is 0.0931. The minimum atomic E-state index is -0.695. The second-order valence-electron chi connectivity index (χ2n) is 9.58. The SMILES string of the molecule is Cc1ccc2nc(N)c(C(=O)N[C@H](C)c3nc4cccc(C#Cc5cnn(C)c5)c4c(=O)n3-c3ccccc3)n2n1. The highest BCUT2D eigenvalue weighted by molar-refractivity contribution is 5.98. The highest BCUT2D eigenvalue weighted by atomic mass is 16.2. The number of amides is 1. The molecule has 4 aromatic heterocycles. The van der Waals surface area contributed by atoms with E-state index in [9.17, 15) is 9.59 Å². The van der Waals surface area contributed by atoms with Gasteiger partial charge in [-0.3, -0.25) is 18.8 Å². The molecule has 6 rings (SSSR count). The first-order chi connectivity index (χ1) is 19.8. The van der Waals surface area contributed by atoms with Crippen molar-refractivity contribution in [1.29, 1.82) is 0 Å².